The average Bonchev–Trinajstić information content (AvgIpc) is 3.44. The van der Waals surface area contributed by atoms with Crippen LogP contribution in [0.5, 0.6) is 0 Å². The Labute approximate surface area is 190 Å². The maximum absolute atomic E-state index is 11.4. The molecule has 5 aliphatic rings. The van der Waals surface area contributed by atoms with E-state index < -0.39 is 0 Å². The number of hydrogen-bond donors (Lipinski definition) is 2. The van der Waals surface area contributed by atoms with Crippen molar-refractivity contribution in [3.05, 3.63) is 23.3 Å². The minimum absolute atomic E-state index is 0.111. The number of aliphatic hydroxyl groups is 2. The first kappa shape index (κ1) is 22.2. The Balaban J connectivity index is 1.41. The van der Waals surface area contributed by atoms with Crippen molar-refractivity contribution in [2.24, 2.45) is 45.8 Å². The van der Waals surface area contributed by atoms with Gasteiger partial charge >= 0.3 is 0 Å². The van der Waals surface area contributed by atoms with Gasteiger partial charge in [0.1, 0.15) is 0 Å². The zero-order chi connectivity index (χ0) is 22.2. The van der Waals surface area contributed by atoms with Crippen molar-refractivity contribution in [2.75, 3.05) is 0 Å². The van der Waals surface area contributed by atoms with E-state index in [4.69, 9.17) is 0 Å². The third-order valence-electron chi connectivity index (χ3n) is 11.3. The highest BCUT2D eigenvalue weighted by atomic mass is 16.3. The molecule has 0 heterocycles. The Morgan fingerprint density at radius 2 is 1.87 bits per heavy atom. The van der Waals surface area contributed by atoms with Gasteiger partial charge in [0.2, 0.25) is 0 Å². The van der Waals surface area contributed by atoms with Crippen LogP contribution in [0.15, 0.2) is 23.3 Å². The molecule has 0 radical (unpaired) electrons. The second kappa shape index (κ2) is 7.45. The van der Waals surface area contributed by atoms with Crippen LogP contribution in [0.3, 0.4) is 0 Å². The smallest absolute Gasteiger partial charge is 0.0634 e. The van der Waals surface area contributed by atoms with E-state index in [-0.39, 0.29) is 28.5 Å². The molecular formula is C29H46O2. The lowest BCUT2D eigenvalue weighted by atomic mass is 9.45. The predicted octanol–water partition coefficient (Wildman–Crippen LogP) is 6.67. The molecule has 4 saturated carbocycles. The highest BCUT2D eigenvalue weighted by Crippen LogP contribution is 2.72. The minimum Gasteiger partial charge on any atom is -0.393 e. The van der Waals surface area contributed by atoms with Crippen LogP contribution in [-0.4, -0.2) is 22.4 Å². The zero-order valence-electron chi connectivity index (χ0n) is 20.7. The molecule has 5 rings (SSSR count). The van der Waals surface area contributed by atoms with Crippen molar-refractivity contribution >= 4 is 0 Å². The molecule has 0 aromatic rings. The summed E-state index contributed by atoms with van der Waals surface area (Å²) in [6, 6.07) is 0. The molecule has 4 fully saturated rings. The number of allylic oxidation sites excluding steroid dienone is 3. The molecule has 0 bridgehead atoms. The SMILES string of the molecule is CC(C)=CCC[C@@H](C)[C@H]1C[C@@H](O)[C@H]2[C@@H]3CC=C4C5(CC5)[C@H](O)CC[C@]4(C)[C@H]3CC[C@@]21C. The van der Waals surface area contributed by atoms with E-state index >= 15 is 0 Å². The summed E-state index contributed by atoms with van der Waals surface area (Å²) in [5, 5.41) is 22.2. The van der Waals surface area contributed by atoms with Crippen LogP contribution in [0.2, 0.25) is 0 Å². The van der Waals surface area contributed by atoms with Gasteiger partial charge in [-0.05, 0) is 118 Å². The number of fused-ring (bicyclic) bond motifs is 6. The summed E-state index contributed by atoms with van der Waals surface area (Å²) in [7, 11) is 0. The molecule has 2 heteroatoms. The number of aliphatic hydroxyl groups excluding tert-OH is 2. The van der Waals surface area contributed by atoms with E-state index in [1.165, 1.54) is 44.1 Å². The van der Waals surface area contributed by atoms with Gasteiger partial charge in [-0.15, -0.1) is 0 Å². The highest BCUT2D eigenvalue weighted by Gasteiger charge is 2.66. The monoisotopic (exact) mass is 426 g/mol. The van der Waals surface area contributed by atoms with Gasteiger partial charge in [0.05, 0.1) is 12.2 Å². The summed E-state index contributed by atoms with van der Waals surface area (Å²) >= 11 is 0. The Hall–Kier alpha value is -0.600. The van der Waals surface area contributed by atoms with Crippen LogP contribution in [0.25, 0.3) is 0 Å². The molecule has 0 aliphatic heterocycles. The van der Waals surface area contributed by atoms with E-state index in [2.05, 4.69) is 46.8 Å². The van der Waals surface area contributed by atoms with E-state index in [0.717, 1.165) is 25.7 Å². The topological polar surface area (TPSA) is 40.5 Å². The Bertz CT molecular complexity index is 772. The molecule has 0 saturated heterocycles. The zero-order valence-corrected chi connectivity index (χ0v) is 20.7. The summed E-state index contributed by atoms with van der Waals surface area (Å²) in [6.45, 7) is 11.9. The first-order valence-corrected chi connectivity index (χ1v) is 13.3. The van der Waals surface area contributed by atoms with Gasteiger partial charge < -0.3 is 10.2 Å². The lowest BCUT2D eigenvalue weighted by molar-refractivity contribution is -0.0897. The summed E-state index contributed by atoms with van der Waals surface area (Å²) < 4.78 is 0. The second-order valence-electron chi connectivity index (χ2n) is 13.1. The van der Waals surface area contributed by atoms with Gasteiger partial charge in [-0.2, -0.15) is 0 Å². The van der Waals surface area contributed by atoms with Crippen LogP contribution < -0.4 is 0 Å². The first-order chi connectivity index (χ1) is 14.6. The van der Waals surface area contributed by atoms with Crippen LogP contribution in [0.1, 0.15) is 98.8 Å². The van der Waals surface area contributed by atoms with Crippen molar-refractivity contribution in [2.45, 2.75) is 111 Å². The maximum Gasteiger partial charge on any atom is 0.0634 e. The Kier molecular flexibility index (Phi) is 5.34. The number of rotatable bonds is 4. The van der Waals surface area contributed by atoms with E-state index in [1.807, 2.05) is 0 Å². The predicted molar refractivity (Wildman–Crippen MR) is 127 cm³/mol. The average molecular weight is 427 g/mol. The number of hydrogen-bond acceptors (Lipinski definition) is 2. The normalized spacial score (nSPS) is 48.3. The standard InChI is InChI=1S/C29H46O2/c1-18(2)7-6-8-19(3)22-17-23(30)26-20-9-10-24-27(4,21(20)11-13-28(22,26)5)14-12-25(31)29(24)15-16-29/h7,10,19-23,25-26,30-31H,6,8-9,11-17H2,1-5H3/t19-,20-,21+,22-,23-,25-,26-,27-,28-/m1/s1. The van der Waals surface area contributed by atoms with Crippen molar-refractivity contribution in [1.82, 2.24) is 0 Å². The maximum atomic E-state index is 11.4. The van der Waals surface area contributed by atoms with Crippen molar-refractivity contribution in [3.8, 4) is 0 Å². The first-order valence-electron chi connectivity index (χ1n) is 13.3. The molecule has 174 valence electrons. The molecule has 9 atom stereocenters. The molecule has 0 amide bonds. The summed E-state index contributed by atoms with van der Waals surface area (Å²) in [6.07, 6.45) is 16.4. The van der Waals surface area contributed by atoms with Crippen molar-refractivity contribution in [1.29, 1.82) is 0 Å². The van der Waals surface area contributed by atoms with Crippen LogP contribution in [-0.2, 0) is 0 Å². The fourth-order valence-corrected chi connectivity index (χ4v) is 9.65. The van der Waals surface area contributed by atoms with Crippen LogP contribution in [0, 0.1) is 45.8 Å². The third kappa shape index (κ3) is 3.17. The van der Waals surface area contributed by atoms with E-state index in [0.29, 0.717) is 29.6 Å². The molecule has 2 N–H and O–H groups in total. The van der Waals surface area contributed by atoms with Gasteiger partial charge in [-0.25, -0.2) is 0 Å². The highest BCUT2D eigenvalue weighted by molar-refractivity contribution is 5.37. The van der Waals surface area contributed by atoms with Gasteiger partial charge in [-0.1, -0.05) is 44.1 Å². The quantitative estimate of drug-likeness (QED) is 0.493. The molecular weight excluding hydrogens is 380 g/mol. The lowest BCUT2D eigenvalue weighted by Crippen LogP contribution is -2.54. The Morgan fingerprint density at radius 1 is 1.13 bits per heavy atom. The fourth-order valence-electron chi connectivity index (χ4n) is 9.65. The van der Waals surface area contributed by atoms with Gasteiger partial charge in [0.25, 0.3) is 0 Å². The summed E-state index contributed by atoms with van der Waals surface area (Å²) in [5.74, 6) is 3.12. The van der Waals surface area contributed by atoms with Crippen molar-refractivity contribution < 1.29 is 10.2 Å². The van der Waals surface area contributed by atoms with E-state index in [1.54, 1.807) is 5.57 Å². The third-order valence-corrected chi connectivity index (χ3v) is 11.3. The molecule has 0 aromatic carbocycles. The van der Waals surface area contributed by atoms with Gasteiger partial charge in [-0.3, -0.25) is 0 Å². The molecule has 0 unspecified atom stereocenters. The van der Waals surface area contributed by atoms with E-state index in [9.17, 15) is 10.2 Å². The van der Waals surface area contributed by atoms with Gasteiger partial charge in [0, 0.05) is 5.41 Å². The molecule has 5 aliphatic carbocycles. The lowest BCUT2D eigenvalue weighted by Gasteiger charge is -2.60. The second-order valence-corrected chi connectivity index (χ2v) is 13.1. The molecule has 0 aromatic heterocycles. The van der Waals surface area contributed by atoms with Crippen LogP contribution in [0.4, 0.5) is 0 Å². The fraction of sp³-hybridized carbons (Fsp3) is 0.862. The molecule has 1 spiro atoms. The Morgan fingerprint density at radius 3 is 2.55 bits per heavy atom. The van der Waals surface area contributed by atoms with Crippen LogP contribution >= 0.6 is 0 Å². The van der Waals surface area contributed by atoms with Gasteiger partial charge in [0.15, 0.2) is 0 Å². The summed E-state index contributed by atoms with van der Waals surface area (Å²) in [5.41, 5.74) is 3.73. The minimum atomic E-state index is -0.128. The summed E-state index contributed by atoms with van der Waals surface area (Å²) in [4.78, 5) is 0. The molecule has 2 nitrogen and oxygen atoms in total. The largest absolute Gasteiger partial charge is 0.393 e. The van der Waals surface area contributed by atoms with Crippen molar-refractivity contribution in [3.63, 3.8) is 0 Å². The molecule has 31 heavy (non-hydrogen) atoms.